The molecule has 3 rings (SSSR count). The third kappa shape index (κ3) is 2.82. The van der Waals surface area contributed by atoms with E-state index in [1.807, 2.05) is 24.0 Å². The Bertz CT molecular complexity index is 516. The molecule has 1 spiro atoms. The van der Waals surface area contributed by atoms with Crippen LogP contribution in [0, 0.1) is 12.3 Å². The van der Waals surface area contributed by atoms with E-state index < -0.39 is 0 Å². The van der Waals surface area contributed by atoms with E-state index in [1.54, 1.807) is 7.11 Å². The highest BCUT2D eigenvalue weighted by Gasteiger charge is 2.45. The monoisotopic (exact) mass is 290 g/mol. The lowest BCUT2D eigenvalue weighted by molar-refractivity contribution is -0.132. The molecule has 2 fully saturated rings. The Kier molecular flexibility index (Phi) is 3.74. The number of rotatable bonds is 4. The largest absolute Gasteiger partial charge is 0.481 e. The van der Waals surface area contributed by atoms with E-state index in [0.29, 0.717) is 17.2 Å². The SMILES string of the molecule is COc1nc(OC2CCC3(CC2)CN(C=O)C3)ccc1C. The smallest absolute Gasteiger partial charge is 0.219 e. The third-order valence-corrected chi connectivity index (χ3v) is 4.73. The third-order valence-electron chi connectivity index (χ3n) is 4.73. The first-order chi connectivity index (χ1) is 10.1. The summed E-state index contributed by atoms with van der Waals surface area (Å²) in [5.41, 5.74) is 1.37. The molecule has 1 aliphatic carbocycles. The molecule has 21 heavy (non-hydrogen) atoms. The van der Waals surface area contributed by atoms with Gasteiger partial charge in [0.1, 0.15) is 6.10 Å². The standard InChI is InChI=1S/C16H22N2O3/c1-12-3-4-14(17-15(12)20-2)21-13-5-7-16(8-6-13)9-18(10-16)11-19/h3-4,11,13H,5-10H2,1-2H3. The molecule has 0 N–H and O–H groups in total. The number of likely N-dealkylation sites (tertiary alicyclic amines) is 1. The van der Waals surface area contributed by atoms with Crippen molar-refractivity contribution in [2.45, 2.75) is 38.7 Å². The minimum Gasteiger partial charge on any atom is -0.481 e. The van der Waals surface area contributed by atoms with Crippen LogP contribution in [0.15, 0.2) is 12.1 Å². The summed E-state index contributed by atoms with van der Waals surface area (Å²) < 4.78 is 11.2. The van der Waals surface area contributed by atoms with Gasteiger partial charge in [-0.1, -0.05) is 0 Å². The molecule has 0 atom stereocenters. The van der Waals surface area contributed by atoms with Gasteiger partial charge in [-0.2, -0.15) is 4.98 Å². The normalized spacial score (nSPS) is 21.0. The highest BCUT2D eigenvalue weighted by atomic mass is 16.5. The zero-order valence-corrected chi connectivity index (χ0v) is 12.7. The molecule has 5 heteroatoms. The lowest BCUT2D eigenvalue weighted by Gasteiger charge is -2.51. The van der Waals surface area contributed by atoms with Gasteiger partial charge in [-0.3, -0.25) is 4.79 Å². The van der Waals surface area contributed by atoms with Crippen molar-refractivity contribution < 1.29 is 14.3 Å². The van der Waals surface area contributed by atoms with Gasteiger partial charge >= 0.3 is 0 Å². The zero-order valence-electron chi connectivity index (χ0n) is 12.7. The molecule has 1 amide bonds. The Labute approximate surface area is 125 Å². The van der Waals surface area contributed by atoms with Crippen LogP contribution in [-0.4, -0.2) is 42.6 Å². The quantitative estimate of drug-likeness (QED) is 0.798. The van der Waals surface area contributed by atoms with E-state index in [4.69, 9.17) is 9.47 Å². The molecular weight excluding hydrogens is 268 g/mol. The topological polar surface area (TPSA) is 51.7 Å². The van der Waals surface area contributed by atoms with Gasteiger partial charge in [0.15, 0.2) is 0 Å². The second-order valence-corrected chi connectivity index (χ2v) is 6.30. The summed E-state index contributed by atoms with van der Waals surface area (Å²) in [6.07, 6.45) is 5.50. The van der Waals surface area contributed by atoms with Gasteiger partial charge in [-0.05, 0) is 38.7 Å². The van der Waals surface area contributed by atoms with Crippen molar-refractivity contribution in [3.8, 4) is 11.8 Å². The van der Waals surface area contributed by atoms with Crippen LogP contribution in [0.1, 0.15) is 31.2 Å². The second-order valence-electron chi connectivity index (χ2n) is 6.30. The second kappa shape index (κ2) is 5.54. The molecule has 5 nitrogen and oxygen atoms in total. The van der Waals surface area contributed by atoms with Crippen molar-refractivity contribution in [2.75, 3.05) is 20.2 Å². The van der Waals surface area contributed by atoms with Gasteiger partial charge in [0.05, 0.1) is 7.11 Å². The van der Waals surface area contributed by atoms with Crippen LogP contribution in [0.3, 0.4) is 0 Å². The minimum atomic E-state index is 0.223. The van der Waals surface area contributed by atoms with Crippen LogP contribution >= 0.6 is 0 Å². The van der Waals surface area contributed by atoms with E-state index in [2.05, 4.69) is 4.98 Å². The first-order valence-corrected chi connectivity index (χ1v) is 7.52. The summed E-state index contributed by atoms with van der Waals surface area (Å²) in [5, 5.41) is 0. The van der Waals surface area contributed by atoms with Crippen molar-refractivity contribution in [1.29, 1.82) is 0 Å². The van der Waals surface area contributed by atoms with E-state index in [-0.39, 0.29) is 6.10 Å². The van der Waals surface area contributed by atoms with Gasteiger partial charge in [0, 0.05) is 30.1 Å². The van der Waals surface area contributed by atoms with Gasteiger partial charge in [0.25, 0.3) is 0 Å². The Morgan fingerprint density at radius 3 is 2.67 bits per heavy atom. The number of pyridine rings is 1. The van der Waals surface area contributed by atoms with E-state index in [9.17, 15) is 4.79 Å². The summed E-state index contributed by atoms with van der Waals surface area (Å²) in [5.74, 6) is 1.27. The van der Waals surface area contributed by atoms with Crippen LogP contribution in [0.5, 0.6) is 11.8 Å². The lowest BCUT2D eigenvalue weighted by atomic mass is 9.68. The molecule has 0 unspecified atom stereocenters. The highest BCUT2D eigenvalue weighted by molar-refractivity contribution is 5.49. The predicted octanol–water partition coefficient (Wildman–Crippen LogP) is 2.18. The van der Waals surface area contributed by atoms with Crippen LogP contribution in [0.4, 0.5) is 0 Å². The van der Waals surface area contributed by atoms with Crippen molar-refractivity contribution in [3.63, 3.8) is 0 Å². The van der Waals surface area contributed by atoms with Crippen LogP contribution in [0.2, 0.25) is 0 Å². The molecule has 1 aromatic rings. The average Bonchev–Trinajstić information content (AvgIpc) is 2.48. The number of amides is 1. The molecule has 1 aliphatic heterocycles. The fourth-order valence-corrected chi connectivity index (χ4v) is 3.46. The summed E-state index contributed by atoms with van der Waals surface area (Å²) in [6, 6.07) is 3.87. The average molecular weight is 290 g/mol. The van der Waals surface area contributed by atoms with E-state index in [0.717, 1.165) is 50.7 Å². The maximum atomic E-state index is 10.7. The fraction of sp³-hybridized carbons (Fsp3) is 0.625. The van der Waals surface area contributed by atoms with E-state index >= 15 is 0 Å². The first-order valence-electron chi connectivity index (χ1n) is 7.52. The molecule has 0 bridgehead atoms. The Morgan fingerprint density at radius 1 is 1.33 bits per heavy atom. The van der Waals surface area contributed by atoms with Crippen LogP contribution in [0.25, 0.3) is 0 Å². The highest BCUT2D eigenvalue weighted by Crippen LogP contribution is 2.43. The minimum absolute atomic E-state index is 0.223. The number of carbonyl (C=O) groups is 1. The van der Waals surface area contributed by atoms with Gasteiger partial charge in [0.2, 0.25) is 18.2 Å². The molecule has 2 heterocycles. The molecule has 0 radical (unpaired) electrons. The van der Waals surface area contributed by atoms with E-state index in [1.165, 1.54) is 0 Å². The first kappa shape index (κ1) is 14.2. The summed E-state index contributed by atoms with van der Waals surface area (Å²) in [6.45, 7) is 3.80. The summed E-state index contributed by atoms with van der Waals surface area (Å²) in [4.78, 5) is 16.9. The Hall–Kier alpha value is -1.78. The molecule has 1 saturated carbocycles. The molecule has 1 aromatic heterocycles. The molecule has 1 saturated heterocycles. The number of nitrogens with zero attached hydrogens (tertiary/aromatic N) is 2. The van der Waals surface area contributed by atoms with Crippen molar-refractivity contribution in [1.82, 2.24) is 9.88 Å². The molecule has 0 aromatic carbocycles. The van der Waals surface area contributed by atoms with Gasteiger partial charge in [-0.25, -0.2) is 0 Å². The molecule has 2 aliphatic rings. The number of carbonyl (C=O) groups excluding carboxylic acids is 1. The van der Waals surface area contributed by atoms with Crippen molar-refractivity contribution >= 4 is 6.41 Å². The molecular formula is C16H22N2O3. The van der Waals surface area contributed by atoms with Crippen molar-refractivity contribution in [2.24, 2.45) is 5.41 Å². The fourth-order valence-electron chi connectivity index (χ4n) is 3.46. The molecule has 114 valence electrons. The zero-order chi connectivity index (χ0) is 14.9. The van der Waals surface area contributed by atoms with Gasteiger partial charge < -0.3 is 14.4 Å². The Balaban J connectivity index is 1.55. The van der Waals surface area contributed by atoms with Gasteiger partial charge in [-0.15, -0.1) is 0 Å². The number of methoxy groups -OCH3 is 1. The van der Waals surface area contributed by atoms with Crippen LogP contribution < -0.4 is 9.47 Å². The van der Waals surface area contributed by atoms with Crippen molar-refractivity contribution in [3.05, 3.63) is 17.7 Å². The lowest BCUT2D eigenvalue weighted by Crippen LogP contribution is -2.57. The summed E-state index contributed by atoms with van der Waals surface area (Å²) >= 11 is 0. The number of ether oxygens (including phenoxy) is 2. The van der Waals surface area contributed by atoms with Crippen LogP contribution in [-0.2, 0) is 4.79 Å². The summed E-state index contributed by atoms with van der Waals surface area (Å²) in [7, 11) is 1.62. The predicted molar refractivity (Wildman–Crippen MR) is 78.5 cm³/mol. The maximum Gasteiger partial charge on any atom is 0.219 e. The number of aromatic nitrogens is 1. The number of aryl methyl sites for hydroxylation is 1. The number of hydrogen-bond acceptors (Lipinski definition) is 4. The number of hydrogen-bond donors (Lipinski definition) is 0. The maximum absolute atomic E-state index is 10.7. The Morgan fingerprint density at radius 2 is 2.05 bits per heavy atom.